The number of ether oxygens (including phenoxy) is 2. The van der Waals surface area contributed by atoms with Crippen LogP contribution in [0.2, 0.25) is 0 Å². The van der Waals surface area contributed by atoms with E-state index in [9.17, 15) is 24.2 Å². The molecule has 0 saturated heterocycles. The minimum atomic E-state index is -4.59. The van der Waals surface area contributed by atoms with E-state index in [2.05, 4.69) is 18.4 Å². The molecule has 0 aromatic carbocycles. The number of esters is 2. The molecule has 0 radical (unpaired) electrons. The van der Waals surface area contributed by atoms with Gasteiger partial charge in [0.2, 0.25) is 0 Å². The van der Waals surface area contributed by atoms with E-state index in [1.807, 2.05) is 0 Å². The Morgan fingerprint density at radius 2 is 1.05 bits per heavy atom. The number of aliphatic hydroxyl groups is 2. The number of phosphoric acid groups is 1. The molecule has 0 aliphatic heterocycles. The number of carbonyl (C=O) groups is 2. The van der Waals surface area contributed by atoms with E-state index < -0.39 is 51.8 Å². The van der Waals surface area contributed by atoms with Crippen LogP contribution in [-0.2, 0) is 32.7 Å². The lowest BCUT2D eigenvalue weighted by molar-refractivity contribution is -0.161. The lowest BCUT2D eigenvalue weighted by atomic mass is 10.1. The standard InChI is InChI=1S/C30H59O10P/c1-3-5-7-9-11-12-13-14-16-18-20-22-30(34)40-28(26-39-41(35,36)38-24-27(32)23-31)25-37-29(33)21-19-17-15-10-8-6-4-2/h27-28,31-32H,3-26H2,1-2H3,(H,35,36)/t27?,28-/m1/s1. The Morgan fingerprint density at radius 3 is 1.51 bits per heavy atom. The molecule has 10 nitrogen and oxygen atoms in total. The number of rotatable bonds is 30. The summed E-state index contributed by atoms with van der Waals surface area (Å²) in [5.41, 5.74) is 0. The predicted molar refractivity (Wildman–Crippen MR) is 159 cm³/mol. The van der Waals surface area contributed by atoms with Gasteiger partial charge in [0, 0.05) is 12.8 Å². The summed E-state index contributed by atoms with van der Waals surface area (Å²) < 4.78 is 32.3. The summed E-state index contributed by atoms with van der Waals surface area (Å²) in [4.78, 5) is 34.4. The highest BCUT2D eigenvalue weighted by molar-refractivity contribution is 7.47. The molecular weight excluding hydrogens is 551 g/mol. The van der Waals surface area contributed by atoms with Crippen molar-refractivity contribution in [1.29, 1.82) is 0 Å². The van der Waals surface area contributed by atoms with Gasteiger partial charge < -0.3 is 24.6 Å². The van der Waals surface area contributed by atoms with Gasteiger partial charge in [-0.2, -0.15) is 0 Å². The van der Waals surface area contributed by atoms with Gasteiger partial charge >= 0.3 is 19.8 Å². The Kier molecular flexibility index (Phi) is 27.1. The SMILES string of the molecule is CCCCCCCCCCCCCC(=O)O[C@H](COC(=O)CCCCCCCCC)COP(=O)(O)OCC(O)CO. The van der Waals surface area contributed by atoms with Crippen LogP contribution in [0.3, 0.4) is 0 Å². The maximum atomic E-state index is 12.4. The second-order valence-corrected chi connectivity index (χ2v) is 12.3. The Balaban J connectivity index is 4.44. The van der Waals surface area contributed by atoms with Crippen molar-refractivity contribution in [2.45, 2.75) is 154 Å². The summed E-state index contributed by atoms with van der Waals surface area (Å²) in [5, 5.41) is 18.1. The average Bonchev–Trinajstić information content (AvgIpc) is 2.95. The minimum Gasteiger partial charge on any atom is -0.462 e. The molecule has 3 atom stereocenters. The second kappa shape index (κ2) is 27.8. The van der Waals surface area contributed by atoms with Crippen molar-refractivity contribution in [3.05, 3.63) is 0 Å². The first-order valence-corrected chi connectivity index (χ1v) is 17.5. The zero-order valence-electron chi connectivity index (χ0n) is 25.8. The summed E-state index contributed by atoms with van der Waals surface area (Å²) in [5.74, 6) is -0.929. The van der Waals surface area contributed by atoms with Crippen LogP contribution in [0.5, 0.6) is 0 Å². The fourth-order valence-electron chi connectivity index (χ4n) is 4.23. The third kappa shape index (κ3) is 27.5. The van der Waals surface area contributed by atoms with Crippen molar-refractivity contribution in [2.75, 3.05) is 26.4 Å². The van der Waals surface area contributed by atoms with Gasteiger partial charge in [-0.3, -0.25) is 18.6 Å². The summed E-state index contributed by atoms with van der Waals surface area (Å²) in [6.45, 7) is 2.29. The van der Waals surface area contributed by atoms with Crippen molar-refractivity contribution in [3.8, 4) is 0 Å². The molecule has 0 amide bonds. The summed E-state index contributed by atoms with van der Waals surface area (Å²) in [6, 6.07) is 0. The van der Waals surface area contributed by atoms with Crippen LogP contribution in [0.4, 0.5) is 0 Å². The highest BCUT2D eigenvalue weighted by Gasteiger charge is 2.27. The predicted octanol–water partition coefficient (Wildman–Crippen LogP) is 6.77. The molecule has 41 heavy (non-hydrogen) atoms. The summed E-state index contributed by atoms with van der Waals surface area (Å²) >= 11 is 0. The minimum absolute atomic E-state index is 0.190. The van der Waals surface area contributed by atoms with Gasteiger partial charge in [-0.1, -0.05) is 117 Å². The Morgan fingerprint density at radius 1 is 0.634 bits per heavy atom. The zero-order chi connectivity index (χ0) is 30.6. The number of hydrogen-bond donors (Lipinski definition) is 3. The topological polar surface area (TPSA) is 149 Å². The van der Waals surface area contributed by atoms with Gasteiger partial charge in [0.05, 0.1) is 19.8 Å². The lowest BCUT2D eigenvalue weighted by Gasteiger charge is -2.20. The van der Waals surface area contributed by atoms with Crippen LogP contribution in [0.15, 0.2) is 0 Å². The molecule has 0 heterocycles. The Bertz CT molecular complexity index is 676. The normalized spacial score (nSPS) is 14.4. The number of aliphatic hydroxyl groups excluding tert-OH is 2. The molecule has 0 fully saturated rings. The van der Waals surface area contributed by atoms with E-state index in [1.165, 1.54) is 64.2 Å². The van der Waals surface area contributed by atoms with Crippen LogP contribution in [0.25, 0.3) is 0 Å². The Hall–Kier alpha value is -1.03. The van der Waals surface area contributed by atoms with E-state index in [-0.39, 0.29) is 19.4 Å². The molecule has 2 unspecified atom stereocenters. The fraction of sp³-hybridized carbons (Fsp3) is 0.933. The zero-order valence-corrected chi connectivity index (χ0v) is 26.7. The van der Waals surface area contributed by atoms with Crippen molar-refractivity contribution < 1.29 is 47.8 Å². The van der Waals surface area contributed by atoms with Gasteiger partial charge in [0.25, 0.3) is 0 Å². The molecule has 0 saturated carbocycles. The van der Waals surface area contributed by atoms with E-state index in [1.54, 1.807) is 0 Å². The number of phosphoric ester groups is 1. The molecule has 11 heteroatoms. The molecule has 0 aromatic rings. The first kappa shape index (κ1) is 40.0. The van der Waals surface area contributed by atoms with Crippen molar-refractivity contribution in [2.24, 2.45) is 0 Å². The maximum absolute atomic E-state index is 12.4. The first-order valence-electron chi connectivity index (χ1n) is 16.0. The first-order chi connectivity index (χ1) is 19.7. The smallest absolute Gasteiger partial charge is 0.462 e. The molecule has 0 bridgehead atoms. The van der Waals surface area contributed by atoms with Crippen LogP contribution >= 0.6 is 7.82 Å². The quantitative estimate of drug-likeness (QED) is 0.0452. The fourth-order valence-corrected chi connectivity index (χ4v) is 5.02. The van der Waals surface area contributed by atoms with E-state index in [4.69, 9.17) is 19.1 Å². The van der Waals surface area contributed by atoms with Gasteiger partial charge in [-0.25, -0.2) is 4.57 Å². The van der Waals surface area contributed by atoms with Crippen molar-refractivity contribution >= 4 is 19.8 Å². The third-order valence-corrected chi connectivity index (χ3v) is 7.71. The molecule has 0 aliphatic carbocycles. The van der Waals surface area contributed by atoms with E-state index >= 15 is 0 Å². The molecular formula is C30H59O10P. The van der Waals surface area contributed by atoms with Crippen LogP contribution < -0.4 is 0 Å². The average molecular weight is 611 g/mol. The Labute approximate surface area is 248 Å². The molecule has 3 N–H and O–H groups in total. The lowest BCUT2D eigenvalue weighted by Crippen LogP contribution is -2.29. The van der Waals surface area contributed by atoms with Gasteiger partial charge in [-0.05, 0) is 12.8 Å². The summed E-state index contributed by atoms with van der Waals surface area (Å²) in [7, 11) is -4.59. The molecule has 244 valence electrons. The van der Waals surface area contributed by atoms with Crippen LogP contribution in [-0.4, -0.2) is 65.7 Å². The molecule has 0 spiro atoms. The second-order valence-electron chi connectivity index (χ2n) is 10.8. The number of carbonyl (C=O) groups excluding carboxylic acids is 2. The molecule has 0 aliphatic rings. The van der Waals surface area contributed by atoms with E-state index in [0.29, 0.717) is 12.8 Å². The van der Waals surface area contributed by atoms with E-state index in [0.717, 1.165) is 38.5 Å². The van der Waals surface area contributed by atoms with Gasteiger partial charge in [0.1, 0.15) is 12.7 Å². The highest BCUT2D eigenvalue weighted by Crippen LogP contribution is 2.43. The van der Waals surface area contributed by atoms with Crippen molar-refractivity contribution in [1.82, 2.24) is 0 Å². The van der Waals surface area contributed by atoms with Gasteiger partial charge in [0.15, 0.2) is 6.10 Å². The molecule has 0 aromatic heterocycles. The number of unbranched alkanes of at least 4 members (excludes halogenated alkanes) is 16. The number of hydrogen-bond acceptors (Lipinski definition) is 9. The van der Waals surface area contributed by atoms with Crippen LogP contribution in [0, 0.1) is 0 Å². The summed E-state index contributed by atoms with van der Waals surface area (Å²) in [6.07, 6.45) is 18.2. The molecule has 0 rings (SSSR count). The van der Waals surface area contributed by atoms with Crippen molar-refractivity contribution in [3.63, 3.8) is 0 Å². The van der Waals surface area contributed by atoms with Crippen LogP contribution in [0.1, 0.15) is 142 Å². The van der Waals surface area contributed by atoms with Gasteiger partial charge in [-0.15, -0.1) is 0 Å². The third-order valence-electron chi connectivity index (χ3n) is 6.76. The monoisotopic (exact) mass is 610 g/mol. The largest absolute Gasteiger partial charge is 0.472 e. The highest BCUT2D eigenvalue weighted by atomic mass is 31.2. The maximum Gasteiger partial charge on any atom is 0.472 e.